The van der Waals surface area contributed by atoms with Gasteiger partial charge in [0.05, 0.1) is 11.9 Å². The zero-order valence-corrected chi connectivity index (χ0v) is 20.6. The summed E-state index contributed by atoms with van der Waals surface area (Å²) in [4.78, 5) is 31.8. The summed E-state index contributed by atoms with van der Waals surface area (Å²) in [6, 6.07) is 9.07. The molecule has 34 heavy (non-hydrogen) atoms. The van der Waals surface area contributed by atoms with Gasteiger partial charge in [0, 0.05) is 69.4 Å². The molecule has 2 aromatic rings. The monoisotopic (exact) mass is 487 g/mol. The fourth-order valence-electron chi connectivity index (χ4n) is 4.63. The molecular formula is C25H34ClN5O3. The molecule has 3 heterocycles. The van der Waals surface area contributed by atoms with Crippen molar-refractivity contribution < 1.29 is 9.53 Å². The Bertz CT molecular complexity index is 996. The molecular weight excluding hydrogens is 454 g/mol. The SMILES string of the molecule is CCCn1ncc(N2CCC(C(=O)N3CCN(CCOc4ccc(Cl)cc4)CC3)CC2)cc1=O. The molecule has 9 heteroatoms. The molecule has 8 nitrogen and oxygen atoms in total. The first-order valence-electron chi connectivity index (χ1n) is 12.2. The smallest absolute Gasteiger partial charge is 0.268 e. The van der Waals surface area contributed by atoms with Crippen LogP contribution in [0.2, 0.25) is 5.02 Å². The van der Waals surface area contributed by atoms with Crippen LogP contribution < -0.4 is 15.2 Å². The molecule has 0 aliphatic carbocycles. The van der Waals surface area contributed by atoms with Gasteiger partial charge in [-0.2, -0.15) is 5.10 Å². The third-order valence-corrected chi connectivity index (χ3v) is 6.93. The number of hydrogen-bond acceptors (Lipinski definition) is 6. The molecule has 184 valence electrons. The summed E-state index contributed by atoms with van der Waals surface area (Å²) >= 11 is 5.91. The lowest BCUT2D eigenvalue weighted by Gasteiger charge is -2.39. The van der Waals surface area contributed by atoms with Gasteiger partial charge in [-0.15, -0.1) is 0 Å². The van der Waals surface area contributed by atoms with Crippen LogP contribution in [0.5, 0.6) is 5.75 Å². The highest BCUT2D eigenvalue weighted by atomic mass is 35.5. The molecule has 1 amide bonds. The summed E-state index contributed by atoms with van der Waals surface area (Å²) in [5, 5.41) is 4.99. The van der Waals surface area contributed by atoms with E-state index in [1.54, 1.807) is 12.3 Å². The number of anilines is 1. The number of hydrogen-bond donors (Lipinski definition) is 0. The first kappa shape index (κ1) is 24.5. The molecule has 0 bridgehead atoms. The number of carbonyl (C=O) groups is 1. The predicted molar refractivity (Wildman–Crippen MR) is 134 cm³/mol. The van der Waals surface area contributed by atoms with E-state index in [9.17, 15) is 9.59 Å². The number of aryl methyl sites for hydroxylation is 1. The first-order valence-corrected chi connectivity index (χ1v) is 12.6. The Labute approximate surface area is 206 Å². The zero-order chi connectivity index (χ0) is 23.9. The van der Waals surface area contributed by atoms with Crippen LogP contribution in [0.3, 0.4) is 0 Å². The van der Waals surface area contributed by atoms with E-state index >= 15 is 0 Å². The highest BCUT2D eigenvalue weighted by Crippen LogP contribution is 2.24. The molecule has 1 aromatic heterocycles. The summed E-state index contributed by atoms with van der Waals surface area (Å²) in [6.45, 7) is 8.94. The second-order valence-corrected chi connectivity index (χ2v) is 9.44. The fourth-order valence-corrected chi connectivity index (χ4v) is 4.76. The van der Waals surface area contributed by atoms with E-state index in [2.05, 4.69) is 14.9 Å². The minimum atomic E-state index is -0.0611. The summed E-state index contributed by atoms with van der Waals surface area (Å²) in [5.74, 6) is 1.15. The van der Waals surface area contributed by atoms with Crippen molar-refractivity contribution in [2.75, 3.05) is 57.3 Å². The van der Waals surface area contributed by atoms with E-state index in [1.165, 1.54) is 4.68 Å². The third kappa shape index (κ3) is 6.30. The topological polar surface area (TPSA) is 70.9 Å². The van der Waals surface area contributed by atoms with Gasteiger partial charge in [0.15, 0.2) is 0 Å². The molecule has 0 unspecified atom stereocenters. The maximum atomic E-state index is 13.1. The molecule has 1 aromatic carbocycles. The minimum absolute atomic E-state index is 0.0597. The fraction of sp³-hybridized carbons (Fsp3) is 0.560. The van der Waals surface area contributed by atoms with Crippen LogP contribution >= 0.6 is 11.6 Å². The van der Waals surface area contributed by atoms with E-state index in [-0.39, 0.29) is 17.4 Å². The standard InChI is InChI=1S/C25H34ClN5O3/c1-2-9-31-24(32)18-22(19-27-31)29-10-7-20(8-11-29)25(33)30-14-12-28(13-15-30)16-17-34-23-5-3-21(26)4-6-23/h3-6,18-20H,2,7-17H2,1H3. The summed E-state index contributed by atoms with van der Waals surface area (Å²) in [7, 11) is 0. The van der Waals surface area contributed by atoms with E-state index in [0.29, 0.717) is 18.2 Å². The van der Waals surface area contributed by atoms with E-state index < -0.39 is 0 Å². The van der Waals surface area contributed by atoms with Crippen molar-refractivity contribution in [3.05, 3.63) is 51.9 Å². The number of piperidine rings is 1. The number of nitrogens with zero attached hydrogens (tertiary/aromatic N) is 5. The van der Waals surface area contributed by atoms with Crippen molar-refractivity contribution in [1.29, 1.82) is 0 Å². The number of carbonyl (C=O) groups excluding carboxylic acids is 1. The number of rotatable bonds is 8. The summed E-state index contributed by atoms with van der Waals surface area (Å²) in [5.41, 5.74) is 0.798. The molecule has 0 spiro atoms. The average molecular weight is 488 g/mol. The Balaban J connectivity index is 1.18. The highest BCUT2D eigenvalue weighted by Gasteiger charge is 2.30. The van der Waals surface area contributed by atoms with E-state index in [4.69, 9.17) is 16.3 Å². The summed E-state index contributed by atoms with van der Waals surface area (Å²) in [6.07, 6.45) is 4.28. The normalized spacial score (nSPS) is 17.7. The number of benzene rings is 1. The Kier molecular flexibility index (Phi) is 8.45. The van der Waals surface area contributed by atoms with Gasteiger partial charge in [-0.05, 0) is 43.5 Å². The molecule has 2 aliphatic rings. The van der Waals surface area contributed by atoms with E-state index in [0.717, 1.165) is 76.5 Å². The largest absolute Gasteiger partial charge is 0.492 e. The van der Waals surface area contributed by atoms with E-state index in [1.807, 2.05) is 36.1 Å². The van der Waals surface area contributed by atoms with Crippen molar-refractivity contribution in [2.45, 2.75) is 32.7 Å². The number of piperazine rings is 1. The van der Waals surface area contributed by atoms with Gasteiger partial charge in [0.1, 0.15) is 12.4 Å². The van der Waals surface area contributed by atoms with Crippen LogP contribution in [-0.2, 0) is 11.3 Å². The van der Waals surface area contributed by atoms with Crippen LogP contribution in [0.1, 0.15) is 26.2 Å². The molecule has 2 fully saturated rings. The Morgan fingerprint density at radius 3 is 2.41 bits per heavy atom. The Morgan fingerprint density at radius 1 is 1.06 bits per heavy atom. The molecule has 0 saturated carbocycles. The highest BCUT2D eigenvalue weighted by molar-refractivity contribution is 6.30. The van der Waals surface area contributed by atoms with Gasteiger partial charge in [-0.25, -0.2) is 4.68 Å². The molecule has 2 aliphatic heterocycles. The van der Waals surface area contributed by atoms with Gasteiger partial charge in [0.2, 0.25) is 5.91 Å². The number of amides is 1. The maximum Gasteiger partial charge on any atom is 0.268 e. The van der Waals surface area contributed by atoms with Gasteiger partial charge >= 0.3 is 0 Å². The predicted octanol–water partition coefficient (Wildman–Crippen LogP) is 2.75. The second kappa shape index (κ2) is 11.7. The molecule has 0 N–H and O–H groups in total. The van der Waals surface area contributed by atoms with Gasteiger partial charge in [-0.1, -0.05) is 18.5 Å². The number of ether oxygens (including phenoxy) is 1. The van der Waals surface area contributed by atoms with Gasteiger partial charge in [-0.3, -0.25) is 14.5 Å². The van der Waals surface area contributed by atoms with Crippen molar-refractivity contribution in [3.8, 4) is 5.75 Å². The number of aromatic nitrogens is 2. The number of halogens is 1. The molecule has 2 saturated heterocycles. The lowest BCUT2D eigenvalue weighted by atomic mass is 9.94. The quantitative estimate of drug-likeness (QED) is 0.570. The van der Waals surface area contributed by atoms with Crippen LogP contribution in [0.15, 0.2) is 41.3 Å². The second-order valence-electron chi connectivity index (χ2n) is 9.01. The van der Waals surface area contributed by atoms with Crippen LogP contribution in [0, 0.1) is 5.92 Å². The molecule has 4 rings (SSSR count). The Morgan fingerprint density at radius 2 is 1.76 bits per heavy atom. The minimum Gasteiger partial charge on any atom is -0.492 e. The van der Waals surface area contributed by atoms with Crippen molar-refractivity contribution in [1.82, 2.24) is 19.6 Å². The van der Waals surface area contributed by atoms with Gasteiger partial charge < -0.3 is 14.5 Å². The van der Waals surface area contributed by atoms with Crippen LogP contribution in [-0.4, -0.2) is 77.9 Å². The third-order valence-electron chi connectivity index (χ3n) is 6.67. The van der Waals surface area contributed by atoms with Crippen molar-refractivity contribution in [2.24, 2.45) is 5.92 Å². The summed E-state index contributed by atoms with van der Waals surface area (Å²) < 4.78 is 7.30. The molecule has 0 atom stereocenters. The Hall–Kier alpha value is -2.58. The zero-order valence-electron chi connectivity index (χ0n) is 19.9. The van der Waals surface area contributed by atoms with Crippen LogP contribution in [0.25, 0.3) is 0 Å². The average Bonchev–Trinajstić information content (AvgIpc) is 2.87. The lowest BCUT2D eigenvalue weighted by Crippen LogP contribution is -2.52. The van der Waals surface area contributed by atoms with Crippen LogP contribution in [0.4, 0.5) is 5.69 Å². The maximum absolute atomic E-state index is 13.1. The van der Waals surface area contributed by atoms with Crippen molar-refractivity contribution in [3.63, 3.8) is 0 Å². The molecule has 0 radical (unpaired) electrons. The lowest BCUT2D eigenvalue weighted by molar-refractivity contribution is -0.138. The van der Waals surface area contributed by atoms with Gasteiger partial charge in [0.25, 0.3) is 5.56 Å². The first-order chi connectivity index (χ1) is 16.5. The van der Waals surface area contributed by atoms with Crippen molar-refractivity contribution >= 4 is 23.2 Å².